The second-order valence-electron chi connectivity index (χ2n) is 21.2. The number of aliphatic hydroxyl groups is 2. The number of cyclic esters (lactones) is 1. The van der Waals surface area contributed by atoms with E-state index in [4.69, 9.17) is 37.9 Å². The van der Waals surface area contributed by atoms with Crippen molar-refractivity contribution in [3.05, 3.63) is 47.6 Å². The lowest BCUT2D eigenvalue weighted by Crippen LogP contribution is -2.61. The molecule has 4 aliphatic rings. The average molecular weight is 1050 g/mol. The zero-order chi connectivity index (χ0) is 54.9. The molecule has 1 aliphatic carbocycles. The molecule has 15 atom stereocenters. The van der Waals surface area contributed by atoms with Crippen LogP contribution >= 0.6 is 0 Å². The third kappa shape index (κ3) is 17.2. The molecule has 9 unspecified atom stereocenters. The van der Waals surface area contributed by atoms with E-state index in [-0.39, 0.29) is 49.3 Å². The third-order valence-electron chi connectivity index (χ3n) is 15.7. The smallest absolute Gasteiger partial charge is 0.407 e. The molecule has 0 aromatic carbocycles. The highest BCUT2D eigenvalue weighted by atomic mass is 16.7. The van der Waals surface area contributed by atoms with Crippen LogP contribution < -0.4 is 5.32 Å². The predicted molar refractivity (Wildman–Crippen MR) is 275 cm³/mol. The number of nitrogens with one attached hydrogen (secondary N) is 1. The molecular formula is C56H88N2O16. The fourth-order valence-electron chi connectivity index (χ4n) is 10.8. The highest BCUT2D eigenvalue weighted by molar-refractivity contribution is 6.39. The lowest BCUT2D eigenvalue weighted by Gasteiger charge is -2.42. The third-order valence-corrected chi connectivity index (χ3v) is 15.7. The van der Waals surface area contributed by atoms with E-state index in [0.717, 1.165) is 5.57 Å². The van der Waals surface area contributed by atoms with Crippen LogP contribution in [0.15, 0.2) is 47.6 Å². The first-order valence-corrected chi connectivity index (χ1v) is 26.6. The highest BCUT2D eigenvalue weighted by Crippen LogP contribution is 2.38. The number of hydrogen-bond acceptors (Lipinski definition) is 16. The van der Waals surface area contributed by atoms with Gasteiger partial charge in [0.05, 0.1) is 24.9 Å². The molecule has 3 aliphatic heterocycles. The number of fused-ring (bicyclic) bond motifs is 3. The molecule has 2 bridgehead atoms. The first kappa shape index (κ1) is 62.4. The van der Waals surface area contributed by atoms with E-state index in [1.54, 1.807) is 48.0 Å². The summed E-state index contributed by atoms with van der Waals surface area (Å²) < 4.78 is 45.8. The topological polar surface area (TPSA) is 232 Å². The van der Waals surface area contributed by atoms with E-state index in [0.29, 0.717) is 69.8 Å². The van der Waals surface area contributed by atoms with Crippen LogP contribution in [-0.2, 0) is 61.9 Å². The number of aliphatic hydroxyl groups excluding tert-OH is 1. The van der Waals surface area contributed by atoms with Gasteiger partial charge in [-0.25, -0.2) is 9.59 Å². The Kier molecular flexibility index (Phi) is 25.3. The Balaban J connectivity index is 1.67. The molecule has 0 aromatic rings. The molecule has 18 heteroatoms. The molecular weight excluding hydrogens is 957 g/mol. The van der Waals surface area contributed by atoms with Gasteiger partial charge in [0.25, 0.3) is 11.7 Å². The number of ketones is 3. The lowest BCUT2D eigenvalue weighted by molar-refractivity contribution is -0.265. The van der Waals surface area contributed by atoms with Gasteiger partial charge in [0.2, 0.25) is 5.79 Å². The second kappa shape index (κ2) is 30.0. The summed E-state index contributed by atoms with van der Waals surface area (Å²) in [7, 11) is 7.41. The maximum atomic E-state index is 14.6. The zero-order valence-corrected chi connectivity index (χ0v) is 46.1. The van der Waals surface area contributed by atoms with Crippen LogP contribution in [0.2, 0.25) is 0 Å². The normalized spacial score (nSPS) is 36.9. The van der Waals surface area contributed by atoms with Crippen molar-refractivity contribution >= 4 is 35.3 Å². The van der Waals surface area contributed by atoms with E-state index in [9.17, 15) is 39.0 Å². The van der Waals surface area contributed by atoms with Gasteiger partial charge in [0, 0.05) is 72.7 Å². The van der Waals surface area contributed by atoms with Gasteiger partial charge in [-0.2, -0.15) is 0 Å². The monoisotopic (exact) mass is 1040 g/mol. The van der Waals surface area contributed by atoms with E-state index in [2.05, 4.69) is 5.32 Å². The van der Waals surface area contributed by atoms with Crippen molar-refractivity contribution in [2.75, 3.05) is 48.6 Å². The van der Waals surface area contributed by atoms with Gasteiger partial charge in [-0.05, 0) is 107 Å². The molecule has 18 nitrogen and oxygen atoms in total. The van der Waals surface area contributed by atoms with E-state index < -0.39 is 108 Å². The Morgan fingerprint density at radius 3 is 2.23 bits per heavy atom. The number of hydrogen-bond donors (Lipinski definition) is 3. The van der Waals surface area contributed by atoms with Crippen LogP contribution in [-0.4, -0.2) is 160 Å². The van der Waals surface area contributed by atoms with Gasteiger partial charge in [0.1, 0.15) is 36.2 Å². The van der Waals surface area contributed by atoms with Crippen molar-refractivity contribution in [2.24, 2.45) is 35.5 Å². The zero-order valence-electron chi connectivity index (χ0n) is 46.1. The summed E-state index contributed by atoms with van der Waals surface area (Å²) in [5.41, 5.74) is 1.23. The van der Waals surface area contributed by atoms with E-state index in [1.165, 1.54) is 26.2 Å². The number of ether oxygens (including phenoxy) is 8. The van der Waals surface area contributed by atoms with Crippen molar-refractivity contribution < 1.29 is 76.9 Å². The molecule has 4 rings (SSSR count). The fraction of sp³-hybridized carbons (Fsp3) is 0.750. The van der Waals surface area contributed by atoms with Gasteiger partial charge in [0.15, 0.2) is 12.1 Å². The van der Waals surface area contributed by atoms with Crippen LogP contribution in [0, 0.1) is 35.5 Å². The molecule has 418 valence electrons. The van der Waals surface area contributed by atoms with Crippen LogP contribution in [0.4, 0.5) is 4.79 Å². The lowest BCUT2D eigenvalue weighted by atomic mass is 9.78. The summed E-state index contributed by atoms with van der Waals surface area (Å²) >= 11 is 0. The van der Waals surface area contributed by atoms with Gasteiger partial charge < -0.3 is 58.3 Å². The SMILES string of the molecule is COC(CNC(=O)O[C@@H]1CCC(CC(C)C2CC(=O)C(C)/C=C(\C)[C@@H](O)C(OC)C(=O)[C@H](C)CC(C)/C=C/C=C/C=C(\C)C(OC)CC3CC[C@@H](C)[C@@](O)(O3)C(=O)C(=O)N3CCCC[C@H]3C(=O)O2)CC1OC)OC. The quantitative estimate of drug-likeness (QED) is 0.0864. The summed E-state index contributed by atoms with van der Waals surface area (Å²) in [5, 5.41) is 26.2. The molecule has 0 radical (unpaired) electrons. The number of rotatable bonds is 11. The molecule has 2 amide bonds. The van der Waals surface area contributed by atoms with Gasteiger partial charge in [-0.3, -0.25) is 19.2 Å². The molecule has 3 heterocycles. The number of methoxy groups -OCH3 is 5. The number of amides is 2. The minimum atomic E-state index is -2.46. The number of alkyl carbamates (subject to hydrolysis) is 1. The van der Waals surface area contributed by atoms with Crippen LogP contribution in [0.3, 0.4) is 0 Å². The van der Waals surface area contributed by atoms with Crippen LogP contribution in [0.5, 0.6) is 0 Å². The highest BCUT2D eigenvalue weighted by Gasteiger charge is 2.53. The number of nitrogens with zero attached hydrogens (tertiary/aromatic N) is 1. The largest absolute Gasteiger partial charge is 0.460 e. The fourth-order valence-corrected chi connectivity index (χ4v) is 10.8. The molecule has 0 aromatic heterocycles. The maximum Gasteiger partial charge on any atom is 0.407 e. The minimum absolute atomic E-state index is 0.0000935. The van der Waals surface area contributed by atoms with E-state index >= 15 is 0 Å². The Morgan fingerprint density at radius 2 is 1.57 bits per heavy atom. The summed E-state index contributed by atoms with van der Waals surface area (Å²) in [6.07, 6.45) is 9.10. The van der Waals surface area contributed by atoms with Crippen LogP contribution in [0.25, 0.3) is 0 Å². The number of piperidine rings is 1. The first-order chi connectivity index (χ1) is 35.1. The minimum Gasteiger partial charge on any atom is -0.460 e. The molecule has 1 saturated carbocycles. The van der Waals surface area contributed by atoms with Crippen molar-refractivity contribution in [3.63, 3.8) is 0 Å². The van der Waals surface area contributed by atoms with Crippen LogP contribution in [0.1, 0.15) is 126 Å². The molecule has 74 heavy (non-hydrogen) atoms. The summed E-state index contributed by atoms with van der Waals surface area (Å²) in [4.78, 5) is 85.2. The summed E-state index contributed by atoms with van der Waals surface area (Å²) in [6.45, 7) is 12.7. The van der Waals surface area contributed by atoms with Gasteiger partial charge in [-0.1, -0.05) is 71.1 Å². The molecule has 3 fully saturated rings. The Bertz CT molecular complexity index is 2000. The number of carbonyl (C=O) groups excluding carboxylic acids is 6. The maximum absolute atomic E-state index is 14.6. The average Bonchev–Trinajstić information content (AvgIpc) is 3.38. The standard InChI is InChI=1S/C56H88N2O16/c1-33-18-14-13-15-19-34(2)45(67-8)30-41-23-21-39(7)56(66,74-41)52(62)53(63)58-25-17-16-20-42(58)54(64)72-46(31-43(59)35(3)27-38(6)50(61)51(71-12)49(60)37(5)26-33)36(4)28-40-22-24-44(47(29-40)68-9)73-55(65)57-32-48(69-10)70-11/h13-15,18-19,27,33,35-37,39-42,44-48,50-51,61,66H,16-17,20-26,28-32H2,1-12H3,(H,57,65)/b15-13+,18-14+,34-19+,38-27+/t33?,35?,36?,37-,39-,40?,41?,42+,44-,45?,46?,47?,50-,51?,56-/m1/s1. The number of carbonyl (C=O) groups is 6. The van der Waals surface area contributed by atoms with Crippen molar-refractivity contribution in [1.82, 2.24) is 10.2 Å². The number of allylic oxidation sites excluding steroid dienone is 6. The summed E-state index contributed by atoms with van der Waals surface area (Å²) in [6, 6.07) is -1.18. The molecule has 0 spiro atoms. The number of Topliss-reactive ketones (excluding diaryl/α,β-unsaturated/α-hetero) is 3. The van der Waals surface area contributed by atoms with E-state index in [1.807, 2.05) is 51.2 Å². The molecule has 3 N–H and O–H groups in total. The van der Waals surface area contributed by atoms with Gasteiger partial charge in [-0.15, -0.1) is 0 Å². The van der Waals surface area contributed by atoms with Crippen molar-refractivity contribution in [1.29, 1.82) is 0 Å². The Hall–Kier alpha value is -4.14. The number of esters is 1. The summed E-state index contributed by atoms with van der Waals surface area (Å²) in [5.74, 6) is -8.42. The predicted octanol–water partition coefficient (Wildman–Crippen LogP) is 6.53. The van der Waals surface area contributed by atoms with Crippen molar-refractivity contribution in [3.8, 4) is 0 Å². The second-order valence-corrected chi connectivity index (χ2v) is 21.2. The molecule has 2 saturated heterocycles. The Morgan fingerprint density at radius 1 is 0.851 bits per heavy atom. The van der Waals surface area contributed by atoms with Crippen molar-refractivity contribution in [2.45, 2.75) is 186 Å². The van der Waals surface area contributed by atoms with Gasteiger partial charge >= 0.3 is 12.1 Å². The first-order valence-electron chi connectivity index (χ1n) is 26.6. The Labute approximate surface area is 439 Å².